The summed E-state index contributed by atoms with van der Waals surface area (Å²) < 4.78 is 0. The third kappa shape index (κ3) is 4.49. The molecule has 2 unspecified atom stereocenters. The molecule has 128 valence electrons. The molecule has 6 nitrogen and oxygen atoms in total. The molecular weight excluding hydrogens is 304 g/mol. The first-order valence-corrected chi connectivity index (χ1v) is 7.99. The standard InChI is InChI=1S/C15H28N4O2.ClH/c1-18(2)15(21)19-8-6-11(7-9-19)14(20)17-13-5-3-4-12(13)10-16;/h11-13H,3-10,16H2,1-2H3,(H,17,20);1H. The molecule has 0 bridgehead atoms. The van der Waals surface area contributed by atoms with Crippen LogP contribution in [0, 0.1) is 11.8 Å². The highest BCUT2D eigenvalue weighted by Crippen LogP contribution is 2.26. The molecule has 1 saturated heterocycles. The van der Waals surface area contributed by atoms with Crippen LogP contribution in [0.3, 0.4) is 0 Å². The summed E-state index contributed by atoms with van der Waals surface area (Å²) in [5.74, 6) is 0.622. The van der Waals surface area contributed by atoms with Gasteiger partial charge in [-0.15, -0.1) is 12.4 Å². The van der Waals surface area contributed by atoms with Crippen LogP contribution < -0.4 is 11.1 Å². The Labute approximate surface area is 139 Å². The number of likely N-dealkylation sites (tertiary alicyclic amines) is 1. The van der Waals surface area contributed by atoms with E-state index in [1.807, 2.05) is 4.90 Å². The fourth-order valence-corrected chi connectivity index (χ4v) is 3.43. The summed E-state index contributed by atoms with van der Waals surface area (Å²) in [6.07, 6.45) is 4.84. The summed E-state index contributed by atoms with van der Waals surface area (Å²) in [6.45, 7) is 1.99. The van der Waals surface area contributed by atoms with Gasteiger partial charge in [-0.2, -0.15) is 0 Å². The van der Waals surface area contributed by atoms with Gasteiger partial charge < -0.3 is 20.9 Å². The Morgan fingerprint density at radius 2 is 1.82 bits per heavy atom. The molecule has 1 saturated carbocycles. The Morgan fingerprint density at radius 1 is 1.18 bits per heavy atom. The first-order chi connectivity index (χ1) is 10.0. The van der Waals surface area contributed by atoms with Crippen molar-refractivity contribution in [2.24, 2.45) is 17.6 Å². The molecular formula is C15H29ClN4O2. The van der Waals surface area contributed by atoms with Gasteiger partial charge in [0.25, 0.3) is 0 Å². The number of halogens is 1. The highest BCUT2D eigenvalue weighted by Gasteiger charge is 2.32. The molecule has 22 heavy (non-hydrogen) atoms. The minimum absolute atomic E-state index is 0. The summed E-state index contributed by atoms with van der Waals surface area (Å²) in [7, 11) is 3.52. The molecule has 3 N–H and O–H groups in total. The third-order valence-electron chi connectivity index (χ3n) is 4.81. The SMILES string of the molecule is CN(C)C(=O)N1CCC(C(=O)NC2CCCC2CN)CC1.Cl. The van der Waals surface area contributed by atoms with Gasteiger partial charge in [-0.1, -0.05) is 6.42 Å². The molecule has 7 heteroatoms. The molecule has 2 rings (SSSR count). The van der Waals surface area contributed by atoms with Crippen LogP contribution in [-0.2, 0) is 4.79 Å². The first-order valence-electron chi connectivity index (χ1n) is 7.99. The zero-order chi connectivity index (χ0) is 15.4. The predicted molar refractivity (Wildman–Crippen MR) is 89.0 cm³/mol. The van der Waals surface area contributed by atoms with E-state index in [1.165, 1.54) is 0 Å². The van der Waals surface area contributed by atoms with Crippen LogP contribution in [0.1, 0.15) is 32.1 Å². The largest absolute Gasteiger partial charge is 0.353 e. The molecule has 3 amide bonds. The van der Waals surface area contributed by atoms with Crippen LogP contribution in [0.15, 0.2) is 0 Å². The van der Waals surface area contributed by atoms with Crippen LogP contribution in [0.2, 0.25) is 0 Å². The number of carbonyl (C=O) groups is 2. The Kier molecular flexibility index (Phi) is 7.42. The number of amides is 3. The van der Waals surface area contributed by atoms with Gasteiger partial charge in [0.2, 0.25) is 5.91 Å². The van der Waals surface area contributed by atoms with E-state index < -0.39 is 0 Å². The molecule has 1 aliphatic carbocycles. The second kappa shape index (κ2) is 8.58. The number of carbonyl (C=O) groups excluding carboxylic acids is 2. The molecule has 2 fully saturated rings. The monoisotopic (exact) mass is 332 g/mol. The highest BCUT2D eigenvalue weighted by atomic mass is 35.5. The van der Waals surface area contributed by atoms with Crippen molar-refractivity contribution in [3.8, 4) is 0 Å². The molecule has 0 aromatic carbocycles. The van der Waals surface area contributed by atoms with Gasteiger partial charge in [0.15, 0.2) is 0 Å². The Bertz CT molecular complexity index is 384. The van der Waals surface area contributed by atoms with E-state index in [4.69, 9.17) is 5.73 Å². The van der Waals surface area contributed by atoms with E-state index in [9.17, 15) is 9.59 Å². The lowest BCUT2D eigenvalue weighted by Crippen LogP contribution is -2.48. The van der Waals surface area contributed by atoms with Crippen LogP contribution >= 0.6 is 12.4 Å². The second-order valence-electron chi connectivity index (χ2n) is 6.48. The lowest BCUT2D eigenvalue weighted by atomic mass is 9.94. The first kappa shape index (κ1) is 19.0. The van der Waals surface area contributed by atoms with Crippen molar-refractivity contribution < 1.29 is 9.59 Å². The highest BCUT2D eigenvalue weighted by molar-refractivity contribution is 5.85. The molecule has 1 aliphatic heterocycles. The molecule has 0 spiro atoms. The van der Waals surface area contributed by atoms with Crippen molar-refractivity contribution >= 4 is 24.3 Å². The maximum atomic E-state index is 12.4. The number of hydrogen-bond donors (Lipinski definition) is 2. The second-order valence-corrected chi connectivity index (χ2v) is 6.48. The smallest absolute Gasteiger partial charge is 0.319 e. The number of nitrogens with one attached hydrogen (secondary N) is 1. The number of nitrogens with zero attached hydrogens (tertiary/aromatic N) is 2. The van der Waals surface area contributed by atoms with Gasteiger partial charge in [0.05, 0.1) is 0 Å². The maximum absolute atomic E-state index is 12.4. The fraction of sp³-hybridized carbons (Fsp3) is 0.867. The molecule has 2 atom stereocenters. The van der Waals surface area contributed by atoms with E-state index in [2.05, 4.69) is 5.32 Å². The van der Waals surface area contributed by atoms with Crippen LogP contribution in [0.4, 0.5) is 4.79 Å². The number of hydrogen-bond acceptors (Lipinski definition) is 3. The number of piperidine rings is 1. The Hall–Kier alpha value is -1.01. The van der Waals surface area contributed by atoms with E-state index in [0.717, 1.165) is 32.1 Å². The van der Waals surface area contributed by atoms with E-state index in [1.54, 1.807) is 19.0 Å². The van der Waals surface area contributed by atoms with Crippen molar-refractivity contribution in [3.05, 3.63) is 0 Å². The number of urea groups is 1. The van der Waals surface area contributed by atoms with Crippen molar-refractivity contribution in [3.63, 3.8) is 0 Å². The zero-order valence-corrected chi connectivity index (χ0v) is 14.4. The average molecular weight is 333 g/mol. The summed E-state index contributed by atoms with van der Waals surface area (Å²) in [5.41, 5.74) is 5.76. The van der Waals surface area contributed by atoms with Gasteiger partial charge in [0.1, 0.15) is 0 Å². The minimum Gasteiger partial charge on any atom is -0.353 e. The third-order valence-corrected chi connectivity index (χ3v) is 4.81. The average Bonchev–Trinajstić information content (AvgIpc) is 2.93. The quantitative estimate of drug-likeness (QED) is 0.810. The van der Waals surface area contributed by atoms with Crippen molar-refractivity contribution in [2.75, 3.05) is 33.7 Å². The lowest BCUT2D eigenvalue weighted by molar-refractivity contribution is -0.127. The molecule has 0 aromatic rings. The fourth-order valence-electron chi connectivity index (χ4n) is 3.43. The predicted octanol–water partition coefficient (Wildman–Crippen LogP) is 1.05. The van der Waals surface area contributed by atoms with Crippen molar-refractivity contribution in [2.45, 2.75) is 38.1 Å². The van der Waals surface area contributed by atoms with E-state index >= 15 is 0 Å². The van der Waals surface area contributed by atoms with Gasteiger partial charge >= 0.3 is 6.03 Å². The van der Waals surface area contributed by atoms with E-state index in [0.29, 0.717) is 25.6 Å². The maximum Gasteiger partial charge on any atom is 0.319 e. The summed E-state index contributed by atoms with van der Waals surface area (Å²) in [5, 5.41) is 3.18. The van der Waals surface area contributed by atoms with Crippen LogP contribution in [0.25, 0.3) is 0 Å². The topological polar surface area (TPSA) is 78.7 Å². The van der Waals surface area contributed by atoms with Gasteiger partial charge in [-0.05, 0) is 38.1 Å². The zero-order valence-electron chi connectivity index (χ0n) is 13.6. The van der Waals surface area contributed by atoms with Crippen molar-refractivity contribution in [1.29, 1.82) is 0 Å². The van der Waals surface area contributed by atoms with Crippen LogP contribution in [0.5, 0.6) is 0 Å². The molecule has 0 aromatic heterocycles. The van der Waals surface area contributed by atoms with Gasteiger partial charge in [-0.3, -0.25) is 4.79 Å². The molecule has 1 heterocycles. The Balaban J connectivity index is 0.00000242. The lowest BCUT2D eigenvalue weighted by Gasteiger charge is -2.33. The summed E-state index contributed by atoms with van der Waals surface area (Å²) >= 11 is 0. The van der Waals surface area contributed by atoms with Gasteiger partial charge in [0, 0.05) is 39.1 Å². The molecule has 2 aliphatic rings. The Morgan fingerprint density at radius 3 is 2.36 bits per heavy atom. The molecule has 0 radical (unpaired) electrons. The minimum atomic E-state index is 0. The van der Waals surface area contributed by atoms with Crippen LogP contribution in [-0.4, -0.2) is 61.5 Å². The number of rotatable bonds is 3. The number of nitrogens with two attached hydrogens (primary N) is 1. The van der Waals surface area contributed by atoms with Gasteiger partial charge in [-0.25, -0.2) is 4.79 Å². The summed E-state index contributed by atoms with van der Waals surface area (Å²) in [4.78, 5) is 27.6. The normalized spacial score (nSPS) is 25.5. The van der Waals surface area contributed by atoms with Crippen molar-refractivity contribution in [1.82, 2.24) is 15.1 Å². The summed E-state index contributed by atoms with van der Waals surface area (Å²) in [6, 6.07) is 0.289. The van der Waals surface area contributed by atoms with E-state index in [-0.39, 0.29) is 36.3 Å².